The highest BCUT2D eigenvalue weighted by molar-refractivity contribution is 5.85. The van der Waals surface area contributed by atoms with E-state index in [-0.39, 0.29) is 0 Å². The zero-order chi connectivity index (χ0) is 19.6. The highest BCUT2D eigenvalue weighted by atomic mass is 16.6. The SMILES string of the molecule is CCCCCCCC/C=C\CCCCCCCCCCC1=CC(=O)OC1O. The number of carbonyl (C=O) groups is 1. The van der Waals surface area contributed by atoms with Crippen molar-refractivity contribution in [2.75, 3.05) is 0 Å². The van der Waals surface area contributed by atoms with Gasteiger partial charge in [-0.05, 0) is 38.5 Å². The van der Waals surface area contributed by atoms with Crippen LogP contribution in [0, 0.1) is 0 Å². The van der Waals surface area contributed by atoms with Gasteiger partial charge >= 0.3 is 5.97 Å². The molecule has 27 heavy (non-hydrogen) atoms. The van der Waals surface area contributed by atoms with Crippen molar-refractivity contribution in [2.24, 2.45) is 0 Å². The van der Waals surface area contributed by atoms with E-state index in [0.29, 0.717) is 0 Å². The van der Waals surface area contributed by atoms with E-state index >= 15 is 0 Å². The first kappa shape index (κ1) is 23.9. The van der Waals surface area contributed by atoms with Crippen molar-refractivity contribution in [1.29, 1.82) is 0 Å². The van der Waals surface area contributed by atoms with Crippen molar-refractivity contribution in [3.63, 3.8) is 0 Å². The number of cyclic esters (lactones) is 1. The second-order valence-electron chi connectivity index (χ2n) is 7.90. The molecule has 1 aliphatic heterocycles. The molecule has 3 nitrogen and oxygen atoms in total. The fourth-order valence-electron chi connectivity index (χ4n) is 3.57. The van der Waals surface area contributed by atoms with Crippen LogP contribution in [0.5, 0.6) is 0 Å². The van der Waals surface area contributed by atoms with Crippen molar-refractivity contribution < 1.29 is 14.6 Å². The van der Waals surface area contributed by atoms with Crippen molar-refractivity contribution >= 4 is 5.97 Å². The Bertz CT molecular complexity index is 425. The van der Waals surface area contributed by atoms with Crippen LogP contribution in [0.4, 0.5) is 0 Å². The third-order valence-corrected chi connectivity index (χ3v) is 5.33. The Morgan fingerprint density at radius 3 is 1.78 bits per heavy atom. The normalized spacial score (nSPS) is 16.9. The van der Waals surface area contributed by atoms with E-state index in [0.717, 1.165) is 18.4 Å². The predicted molar refractivity (Wildman–Crippen MR) is 113 cm³/mol. The summed E-state index contributed by atoms with van der Waals surface area (Å²) in [4.78, 5) is 11.0. The molecule has 0 aromatic carbocycles. The zero-order valence-corrected chi connectivity index (χ0v) is 17.6. The topological polar surface area (TPSA) is 46.5 Å². The molecular weight excluding hydrogens is 336 g/mol. The molecule has 0 aliphatic carbocycles. The quantitative estimate of drug-likeness (QED) is 0.159. The zero-order valence-electron chi connectivity index (χ0n) is 17.6. The molecule has 1 aliphatic rings. The van der Waals surface area contributed by atoms with Gasteiger partial charge in [-0.25, -0.2) is 4.79 Å². The number of ether oxygens (including phenoxy) is 1. The van der Waals surface area contributed by atoms with Crippen LogP contribution >= 0.6 is 0 Å². The Balaban J connectivity index is 1.76. The molecular formula is C24H42O3. The molecule has 3 heteroatoms. The van der Waals surface area contributed by atoms with Gasteiger partial charge in [-0.2, -0.15) is 0 Å². The minimum atomic E-state index is -0.989. The smallest absolute Gasteiger partial charge is 0.333 e. The number of rotatable bonds is 18. The van der Waals surface area contributed by atoms with Gasteiger partial charge in [-0.3, -0.25) is 0 Å². The molecule has 1 heterocycles. The molecule has 156 valence electrons. The summed E-state index contributed by atoms with van der Waals surface area (Å²) in [6, 6.07) is 0. The van der Waals surface area contributed by atoms with Crippen LogP contribution in [0.15, 0.2) is 23.8 Å². The number of unbranched alkanes of at least 4 members (excludes halogenated alkanes) is 14. The van der Waals surface area contributed by atoms with Crippen LogP contribution in [-0.4, -0.2) is 17.4 Å². The summed E-state index contributed by atoms with van der Waals surface area (Å²) in [6.07, 6.45) is 26.9. The summed E-state index contributed by atoms with van der Waals surface area (Å²) >= 11 is 0. The Morgan fingerprint density at radius 1 is 0.815 bits per heavy atom. The molecule has 0 aromatic heterocycles. The maximum absolute atomic E-state index is 11.0. The van der Waals surface area contributed by atoms with Crippen LogP contribution in [0.1, 0.15) is 116 Å². The molecule has 1 rings (SSSR count). The van der Waals surface area contributed by atoms with Gasteiger partial charge in [0, 0.05) is 11.6 Å². The molecule has 1 unspecified atom stereocenters. The maximum Gasteiger partial charge on any atom is 0.333 e. The van der Waals surface area contributed by atoms with Crippen molar-refractivity contribution in [2.45, 2.75) is 122 Å². The Kier molecular flexibility index (Phi) is 15.1. The molecule has 0 fully saturated rings. The van der Waals surface area contributed by atoms with Gasteiger partial charge < -0.3 is 9.84 Å². The standard InChI is InChI=1S/C24H42O3/c1-2-3-4-5-6-7-8-9-10-11-12-13-14-15-16-17-18-19-20-22-21-23(25)27-24(22)26/h9-10,21,24,26H,2-8,11-20H2,1H3/b10-9-. The van der Waals surface area contributed by atoms with Crippen LogP contribution in [0.3, 0.4) is 0 Å². The summed E-state index contributed by atoms with van der Waals surface area (Å²) < 4.78 is 4.68. The second kappa shape index (κ2) is 17.0. The summed E-state index contributed by atoms with van der Waals surface area (Å²) in [5, 5.41) is 9.49. The third kappa shape index (κ3) is 13.7. The van der Waals surface area contributed by atoms with Gasteiger partial charge in [0.15, 0.2) is 0 Å². The fourth-order valence-corrected chi connectivity index (χ4v) is 3.57. The number of esters is 1. The highest BCUT2D eigenvalue weighted by Gasteiger charge is 2.22. The Labute approximate surface area is 167 Å². The van der Waals surface area contributed by atoms with E-state index in [1.807, 2.05) is 0 Å². The van der Waals surface area contributed by atoms with Crippen molar-refractivity contribution in [1.82, 2.24) is 0 Å². The van der Waals surface area contributed by atoms with Gasteiger partial charge in [0.05, 0.1) is 0 Å². The van der Waals surface area contributed by atoms with Gasteiger partial charge in [-0.1, -0.05) is 89.7 Å². The first-order valence-corrected chi connectivity index (χ1v) is 11.5. The van der Waals surface area contributed by atoms with Crippen molar-refractivity contribution in [3.8, 4) is 0 Å². The van der Waals surface area contributed by atoms with Crippen LogP contribution in [0.2, 0.25) is 0 Å². The molecule has 0 radical (unpaired) electrons. The summed E-state index contributed by atoms with van der Waals surface area (Å²) in [5.41, 5.74) is 0.740. The number of hydrogen-bond acceptors (Lipinski definition) is 3. The lowest BCUT2D eigenvalue weighted by Gasteiger charge is -2.07. The molecule has 0 aromatic rings. The van der Waals surface area contributed by atoms with Gasteiger partial charge in [0.1, 0.15) is 0 Å². The lowest BCUT2D eigenvalue weighted by atomic mass is 10.0. The summed E-state index contributed by atoms with van der Waals surface area (Å²) in [6.45, 7) is 2.27. The summed E-state index contributed by atoms with van der Waals surface area (Å²) in [7, 11) is 0. The number of allylic oxidation sites excluding steroid dienone is 2. The van der Waals surface area contributed by atoms with E-state index in [2.05, 4.69) is 23.8 Å². The average Bonchev–Trinajstić information content (AvgIpc) is 2.98. The number of hydrogen-bond donors (Lipinski definition) is 1. The summed E-state index contributed by atoms with van der Waals surface area (Å²) in [5.74, 6) is -0.408. The number of carbonyl (C=O) groups excluding carboxylic acids is 1. The molecule has 0 saturated heterocycles. The second-order valence-corrected chi connectivity index (χ2v) is 7.90. The lowest BCUT2D eigenvalue weighted by molar-refractivity contribution is -0.151. The third-order valence-electron chi connectivity index (χ3n) is 5.33. The molecule has 1 atom stereocenters. The number of aliphatic hydroxyl groups excluding tert-OH is 1. The van der Waals surface area contributed by atoms with E-state index in [9.17, 15) is 9.90 Å². The minimum Gasteiger partial charge on any atom is -0.429 e. The van der Waals surface area contributed by atoms with Crippen LogP contribution in [0.25, 0.3) is 0 Å². The largest absolute Gasteiger partial charge is 0.429 e. The molecule has 0 bridgehead atoms. The Hall–Kier alpha value is -1.09. The average molecular weight is 379 g/mol. The van der Waals surface area contributed by atoms with Crippen molar-refractivity contribution in [3.05, 3.63) is 23.8 Å². The van der Waals surface area contributed by atoms with Gasteiger partial charge in [-0.15, -0.1) is 0 Å². The molecule has 0 amide bonds. The predicted octanol–water partition coefficient (Wildman–Crippen LogP) is 7.00. The molecule has 1 N–H and O–H groups in total. The van der Waals surface area contributed by atoms with Gasteiger partial charge in [0.25, 0.3) is 0 Å². The van der Waals surface area contributed by atoms with E-state index in [1.54, 1.807) is 0 Å². The van der Waals surface area contributed by atoms with E-state index < -0.39 is 12.3 Å². The molecule has 0 spiro atoms. The van der Waals surface area contributed by atoms with E-state index in [4.69, 9.17) is 0 Å². The maximum atomic E-state index is 11.0. The van der Waals surface area contributed by atoms with Crippen LogP contribution < -0.4 is 0 Å². The first-order chi connectivity index (χ1) is 13.2. The van der Waals surface area contributed by atoms with Gasteiger partial charge in [0.2, 0.25) is 6.29 Å². The first-order valence-electron chi connectivity index (χ1n) is 11.5. The highest BCUT2D eigenvalue weighted by Crippen LogP contribution is 2.20. The lowest BCUT2D eigenvalue weighted by Crippen LogP contribution is -2.09. The van der Waals surface area contributed by atoms with E-state index in [1.165, 1.54) is 102 Å². The van der Waals surface area contributed by atoms with Crippen LogP contribution in [-0.2, 0) is 9.53 Å². The Morgan fingerprint density at radius 2 is 1.30 bits per heavy atom. The fraction of sp³-hybridized carbons (Fsp3) is 0.792. The monoisotopic (exact) mass is 378 g/mol. The minimum absolute atomic E-state index is 0.408. The number of aliphatic hydroxyl groups is 1. The molecule has 0 saturated carbocycles.